The van der Waals surface area contributed by atoms with Crippen molar-refractivity contribution < 1.29 is 0 Å². The van der Waals surface area contributed by atoms with Gasteiger partial charge >= 0.3 is 0 Å². The van der Waals surface area contributed by atoms with E-state index in [1.807, 2.05) is 6.07 Å². The number of aryl methyl sites for hydroxylation is 2. The van der Waals surface area contributed by atoms with Crippen LogP contribution in [0.2, 0.25) is 0 Å². The normalized spacial score (nSPS) is 10.8. The number of nitrogens with two attached hydrogens (primary N) is 1. The maximum atomic E-state index is 5.99. The second-order valence-corrected chi connectivity index (χ2v) is 5.38. The fourth-order valence-electron chi connectivity index (χ4n) is 1.87. The van der Waals surface area contributed by atoms with Gasteiger partial charge in [-0.3, -0.25) is 0 Å². The number of nitrogens with zero attached hydrogens (tertiary/aromatic N) is 2. The Balaban J connectivity index is 2.44. The summed E-state index contributed by atoms with van der Waals surface area (Å²) in [5, 5.41) is 5.48. The van der Waals surface area contributed by atoms with E-state index in [0.717, 1.165) is 16.5 Å². The molecule has 0 radical (unpaired) electrons. The predicted octanol–water partition coefficient (Wildman–Crippen LogP) is 3.18. The van der Waals surface area contributed by atoms with E-state index in [1.54, 1.807) is 16.4 Å². The van der Waals surface area contributed by atoms with Crippen LogP contribution in [0.3, 0.4) is 0 Å². The topological polar surface area (TPSA) is 43.8 Å². The number of benzene rings is 1. The summed E-state index contributed by atoms with van der Waals surface area (Å²) in [7, 11) is 0. The summed E-state index contributed by atoms with van der Waals surface area (Å²) in [5.74, 6) is 1.69. The van der Waals surface area contributed by atoms with Crippen LogP contribution in [0.15, 0.2) is 29.3 Å². The molecule has 17 heavy (non-hydrogen) atoms. The third-order valence-electron chi connectivity index (χ3n) is 2.46. The van der Waals surface area contributed by atoms with Crippen molar-refractivity contribution in [3.63, 3.8) is 0 Å². The zero-order valence-corrected chi connectivity index (χ0v) is 11.2. The number of aromatic nitrogens is 2. The molecule has 0 bridgehead atoms. The van der Waals surface area contributed by atoms with Crippen LogP contribution in [0.5, 0.6) is 0 Å². The first-order chi connectivity index (χ1) is 8.10. The van der Waals surface area contributed by atoms with Gasteiger partial charge in [-0.15, -0.1) is 11.8 Å². The zero-order chi connectivity index (χ0) is 12.4. The van der Waals surface area contributed by atoms with Crippen LogP contribution < -0.4 is 5.73 Å². The van der Waals surface area contributed by atoms with Gasteiger partial charge in [-0.2, -0.15) is 5.10 Å². The van der Waals surface area contributed by atoms with Crippen LogP contribution in [-0.2, 0) is 0 Å². The monoisotopic (exact) mass is 247 g/mol. The second kappa shape index (κ2) is 4.84. The van der Waals surface area contributed by atoms with Crippen LogP contribution in [0.25, 0.3) is 5.69 Å². The lowest BCUT2D eigenvalue weighted by atomic mass is 10.1. The average molecular weight is 247 g/mol. The van der Waals surface area contributed by atoms with Crippen LogP contribution >= 0.6 is 11.8 Å². The summed E-state index contributed by atoms with van der Waals surface area (Å²) >= 11 is 1.70. The first-order valence-corrected chi connectivity index (χ1v) is 6.65. The maximum absolute atomic E-state index is 5.99. The Morgan fingerprint density at radius 2 is 1.82 bits per heavy atom. The maximum Gasteiger partial charge on any atom is 0.128 e. The third-order valence-corrected chi connectivity index (χ3v) is 3.24. The second-order valence-electron chi connectivity index (χ2n) is 4.10. The standard InChI is InChI=1S/C13H17N3S/c1-4-17-13-8-12(14)16(15-13)11-6-9(2)5-10(3)7-11/h5-8H,4,14H2,1-3H3. The van der Waals surface area contributed by atoms with Crippen LogP contribution in [0, 0.1) is 13.8 Å². The quantitative estimate of drug-likeness (QED) is 0.847. The first-order valence-electron chi connectivity index (χ1n) is 5.67. The van der Waals surface area contributed by atoms with E-state index in [-0.39, 0.29) is 0 Å². The molecule has 0 amide bonds. The van der Waals surface area contributed by atoms with Crippen LogP contribution in [0.1, 0.15) is 18.1 Å². The number of thioether (sulfide) groups is 1. The summed E-state index contributed by atoms with van der Waals surface area (Å²) in [6.45, 7) is 6.27. The summed E-state index contributed by atoms with van der Waals surface area (Å²) in [5.41, 5.74) is 9.47. The molecule has 1 aromatic carbocycles. The molecule has 4 heteroatoms. The first kappa shape index (κ1) is 12.0. The fourth-order valence-corrected chi connectivity index (χ4v) is 2.51. The minimum absolute atomic E-state index is 0.686. The summed E-state index contributed by atoms with van der Waals surface area (Å²) in [6, 6.07) is 8.25. The van der Waals surface area contributed by atoms with Crippen molar-refractivity contribution >= 4 is 17.6 Å². The minimum atomic E-state index is 0.686. The van der Waals surface area contributed by atoms with Crippen molar-refractivity contribution in [2.45, 2.75) is 25.8 Å². The van der Waals surface area contributed by atoms with E-state index in [1.165, 1.54) is 11.1 Å². The van der Waals surface area contributed by atoms with Gasteiger partial charge in [-0.1, -0.05) is 13.0 Å². The Labute approximate surface area is 106 Å². The lowest BCUT2D eigenvalue weighted by Crippen LogP contribution is -2.02. The zero-order valence-electron chi connectivity index (χ0n) is 10.4. The smallest absolute Gasteiger partial charge is 0.128 e. The molecule has 0 fully saturated rings. The SMILES string of the molecule is CCSc1cc(N)n(-c2cc(C)cc(C)c2)n1. The lowest BCUT2D eigenvalue weighted by molar-refractivity contribution is 0.843. The van der Waals surface area contributed by atoms with Gasteiger partial charge in [0.15, 0.2) is 0 Å². The van der Waals surface area contributed by atoms with Gasteiger partial charge < -0.3 is 5.73 Å². The van der Waals surface area contributed by atoms with Crippen molar-refractivity contribution in [2.24, 2.45) is 0 Å². The molecule has 90 valence electrons. The van der Waals surface area contributed by atoms with E-state index in [4.69, 9.17) is 5.73 Å². The molecule has 0 saturated heterocycles. The Hall–Kier alpha value is -1.42. The summed E-state index contributed by atoms with van der Waals surface area (Å²) in [6.07, 6.45) is 0. The van der Waals surface area contributed by atoms with Gasteiger partial charge in [0, 0.05) is 6.07 Å². The highest BCUT2D eigenvalue weighted by Gasteiger charge is 2.07. The Kier molecular flexibility index (Phi) is 3.43. The van der Waals surface area contributed by atoms with E-state index in [9.17, 15) is 0 Å². The van der Waals surface area contributed by atoms with Crippen molar-refractivity contribution in [3.8, 4) is 5.69 Å². The Morgan fingerprint density at radius 1 is 1.18 bits per heavy atom. The van der Waals surface area contributed by atoms with Gasteiger partial charge in [-0.05, 0) is 42.9 Å². The van der Waals surface area contributed by atoms with Crippen LogP contribution in [0.4, 0.5) is 5.82 Å². The Morgan fingerprint density at radius 3 is 2.41 bits per heavy atom. The molecule has 1 heterocycles. The van der Waals surface area contributed by atoms with E-state index in [0.29, 0.717) is 5.82 Å². The number of hydrogen-bond donors (Lipinski definition) is 1. The fraction of sp³-hybridized carbons (Fsp3) is 0.308. The molecule has 0 aliphatic carbocycles. The van der Waals surface area contributed by atoms with E-state index < -0.39 is 0 Å². The molecule has 0 atom stereocenters. The molecule has 2 rings (SSSR count). The van der Waals surface area contributed by atoms with Gasteiger partial charge in [0.25, 0.3) is 0 Å². The van der Waals surface area contributed by atoms with E-state index >= 15 is 0 Å². The van der Waals surface area contributed by atoms with Crippen molar-refractivity contribution in [1.29, 1.82) is 0 Å². The molecule has 2 aromatic rings. The Bertz CT molecular complexity index is 511. The lowest BCUT2D eigenvalue weighted by Gasteiger charge is -2.06. The number of rotatable bonds is 3. The molecule has 0 aliphatic heterocycles. The number of anilines is 1. The van der Waals surface area contributed by atoms with Gasteiger partial charge in [0.05, 0.1) is 5.69 Å². The molecule has 0 spiro atoms. The molecule has 3 nitrogen and oxygen atoms in total. The number of hydrogen-bond acceptors (Lipinski definition) is 3. The van der Waals surface area contributed by atoms with Crippen molar-refractivity contribution in [3.05, 3.63) is 35.4 Å². The highest BCUT2D eigenvalue weighted by molar-refractivity contribution is 7.99. The molecule has 0 unspecified atom stereocenters. The molecular formula is C13H17N3S. The van der Waals surface area contributed by atoms with Gasteiger partial charge in [0.1, 0.15) is 10.8 Å². The third kappa shape index (κ3) is 2.64. The molecule has 2 N–H and O–H groups in total. The summed E-state index contributed by atoms with van der Waals surface area (Å²) in [4.78, 5) is 0. The van der Waals surface area contributed by atoms with E-state index in [2.05, 4.69) is 44.1 Å². The average Bonchev–Trinajstić information content (AvgIpc) is 2.58. The largest absolute Gasteiger partial charge is 0.384 e. The highest BCUT2D eigenvalue weighted by atomic mass is 32.2. The number of nitrogen functional groups attached to an aromatic ring is 1. The minimum Gasteiger partial charge on any atom is -0.384 e. The molecule has 0 aliphatic rings. The molecular weight excluding hydrogens is 230 g/mol. The predicted molar refractivity (Wildman–Crippen MR) is 73.8 cm³/mol. The van der Waals surface area contributed by atoms with Crippen molar-refractivity contribution in [1.82, 2.24) is 9.78 Å². The highest BCUT2D eigenvalue weighted by Crippen LogP contribution is 2.22. The molecule has 1 aromatic heterocycles. The van der Waals surface area contributed by atoms with Crippen molar-refractivity contribution in [2.75, 3.05) is 11.5 Å². The van der Waals surface area contributed by atoms with Gasteiger partial charge in [-0.25, -0.2) is 4.68 Å². The summed E-state index contributed by atoms with van der Waals surface area (Å²) < 4.78 is 1.80. The van der Waals surface area contributed by atoms with Gasteiger partial charge in [0.2, 0.25) is 0 Å². The van der Waals surface area contributed by atoms with Crippen LogP contribution in [-0.4, -0.2) is 15.5 Å². The molecule has 0 saturated carbocycles.